The minimum Gasteiger partial charge on any atom is -0.411 e. The van der Waals surface area contributed by atoms with Crippen LogP contribution in [-0.2, 0) is 9.59 Å². The number of piperazine rings is 1. The van der Waals surface area contributed by atoms with Crippen LogP contribution in [0.25, 0.3) is 22.2 Å². The molecule has 1 aliphatic rings. The van der Waals surface area contributed by atoms with Crippen LogP contribution in [0.5, 0.6) is 0 Å². The number of carbonyl (C=O) groups is 2. The summed E-state index contributed by atoms with van der Waals surface area (Å²) in [5, 5.41) is 13.7. The fourth-order valence-electron chi connectivity index (χ4n) is 4.31. The predicted molar refractivity (Wildman–Crippen MR) is 142 cm³/mol. The Hall–Kier alpha value is -3.85. The zero-order chi connectivity index (χ0) is 24.9. The first-order valence-electron chi connectivity index (χ1n) is 12.0. The molecule has 4 aromatic rings. The second-order valence-corrected chi connectivity index (χ2v) is 9.43. The number of benzene rings is 3. The lowest BCUT2D eigenvalue weighted by atomic mass is 10.0. The zero-order valence-corrected chi connectivity index (χ0v) is 20.8. The number of fused-ring (bicyclic) bond motifs is 1. The quantitative estimate of drug-likeness (QED) is 0.368. The van der Waals surface area contributed by atoms with Crippen LogP contribution in [-0.4, -0.2) is 58.8 Å². The van der Waals surface area contributed by atoms with Crippen LogP contribution < -0.4 is 10.2 Å². The lowest BCUT2D eigenvalue weighted by Gasteiger charge is -2.36. The summed E-state index contributed by atoms with van der Waals surface area (Å²) in [6, 6.07) is 21.8. The average Bonchev–Trinajstić information content (AvgIpc) is 3.40. The van der Waals surface area contributed by atoms with Crippen molar-refractivity contribution in [2.75, 3.05) is 42.1 Å². The molecule has 1 N–H and O–H groups in total. The number of amides is 2. The van der Waals surface area contributed by atoms with Crippen LogP contribution in [0, 0.1) is 0 Å². The van der Waals surface area contributed by atoms with E-state index in [4.69, 9.17) is 4.42 Å². The number of nitrogens with zero attached hydrogens (tertiary/aromatic N) is 4. The van der Waals surface area contributed by atoms with Gasteiger partial charge in [0.15, 0.2) is 0 Å². The molecule has 0 unspecified atom stereocenters. The molecule has 0 spiro atoms. The smallest absolute Gasteiger partial charge is 0.277 e. The third-order valence-corrected chi connectivity index (χ3v) is 7.02. The van der Waals surface area contributed by atoms with Gasteiger partial charge in [0.2, 0.25) is 17.7 Å². The molecular weight excluding hydrogens is 474 g/mol. The maximum atomic E-state index is 12.5. The molecular formula is C27H27N5O3S. The number of carbonyl (C=O) groups excluding carboxylic acids is 2. The summed E-state index contributed by atoms with van der Waals surface area (Å²) in [5.74, 6) is 0.650. The highest BCUT2D eigenvalue weighted by molar-refractivity contribution is 7.99. The largest absolute Gasteiger partial charge is 0.411 e. The molecule has 1 fully saturated rings. The molecule has 2 heterocycles. The highest BCUT2D eigenvalue weighted by Crippen LogP contribution is 2.29. The summed E-state index contributed by atoms with van der Waals surface area (Å²) in [4.78, 5) is 28.5. The van der Waals surface area contributed by atoms with E-state index in [0.29, 0.717) is 17.5 Å². The summed E-state index contributed by atoms with van der Waals surface area (Å²) < 4.78 is 5.82. The molecule has 1 saturated heterocycles. The highest BCUT2D eigenvalue weighted by Gasteiger charge is 2.20. The van der Waals surface area contributed by atoms with E-state index in [1.165, 1.54) is 11.8 Å². The van der Waals surface area contributed by atoms with Gasteiger partial charge < -0.3 is 19.5 Å². The maximum absolute atomic E-state index is 12.5. The van der Waals surface area contributed by atoms with Gasteiger partial charge in [0.1, 0.15) is 0 Å². The number of aromatic nitrogens is 2. The van der Waals surface area contributed by atoms with E-state index in [9.17, 15) is 9.59 Å². The van der Waals surface area contributed by atoms with Gasteiger partial charge in [-0.05, 0) is 41.1 Å². The minimum absolute atomic E-state index is 0.149. The third kappa shape index (κ3) is 5.36. The molecule has 0 bridgehead atoms. The van der Waals surface area contributed by atoms with Crippen LogP contribution in [0.1, 0.15) is 13.3 Å². The molecule has 184 valence electrons. The third-order valence-electron chi connectivity index (χ3n) is 6.20. The van der Waals surface area contributed by atoms with Crippen LogP contribution in [0.15, 0.2) is 76.4 Å². The molecule has 0 atom stereocenters. The van der Waals surface area contributed by atoms with E-state index in [1.807, 2.05) is 78.6 Å². The first kappa shape index (κ1) is 23.9. The lowest BCUT2D eigenvalue weighted by Crippen LogP contribution is -2.48. The summed E-state index contributed by atoms with van der Waals surface area (Å²) in [5.41, 5.74) is 2.68. The van der Waals surface area contributed by atoms with Gasteiger partial charge in [-0.25, -0.2) is 0 Å². The number of nitrogens with one attached hydrogen (secondary N) is 1. The SMILES string of the molecule is CCC(=O)N1CCN(c2ccc(NC(=O)CSc3nnc(-c4cccc5ccccc45)o3)cc2)CC1. The number of thioether (sulfide) groups is 1. The molecule has 0 aliphatic carbocycles. The van der Waals surface area contributed by atoms with Crippen molar-refractivity contribution in [2.24, 2.45) is 0 Å². The maximum Gasteiger partial charge on any atom is 0.277 e. The van der Waals surface area contributed by atoms with Crippen molar-refractivity contribution >= 4 is 45.7 Å². The zero-order valence-electron chi connectivity index (χ0n) is 20.0. The Morgan fingerprint density at radius 2 is 1.69 bits per heavy atom. The molecule has 2 amide bonds. The van der Waals surface area contributed by atoms with Gasteiger partial charge in [-0.2, -0.15) is 0 Å². The average molecular weight is 502 g/mol. The Labute approximate surface area is 213 Å². The van der Waals surface area contributed by atoms with Crippen LogP contribution in [0.4, 0.5) is 11.4 Å². The van der Waals surface area contributed by atoms with Crippen molar-refractivity contribution < 1.29 is 14.0 Å². The lowest BCUT2D eigenvalue weighted by molar-refractivity contribution is -0.131. The van der Waals surface area contributed by atoms with E-state index in [2.05, 4.69) is 20.4 Å². The topological polar surface area (TPSA) is 91.6 Å². The Balaban J connectivity index is 1.13. The number of hydrogen-bond donors (Lipinski definition) is 1. The van der Waals surface area contributed by atoms with Crippen molar-refractivity contribution in [1.82, 2.24) is 15.1 Å². The second-order valence-electron chi connectivity index (χ2n) is 8.50. The Bertz CT molecular complexity index is 1360. The predicted octanol–water partition coefficient (Wildman–Crippen LogP) is 4.68. The second kappa shape index (κ2) is 10.8. The fraction of sp³-hybridized carbons (Fsp3) is 0.259. The van der Waals surface area contributed by atoms with Crippen LogP contribution in [0.3, 0.4) is 0 Å². The van der Waals surface area contributed by atoms with Crippen molar-refractivity contribution in [3.05, 3.63) is 66.7 Å². The highest BCUT2D eigenvalue weighted by atomic mass is 32.2. The first-order chi connectivity index (χ1) is 17.6. The molecule has 8 nitrogen and oxygen atoms in total. The molecule has 1 aromatic heterocycles. The van der Waals surface area contributed by atoms with E-state index in [1.54, 1.807) is 0 Å². The van der Waals surface area contributed by atoms with Crippen LogP contribution >= 0.6 is 11.8 Å². The molecule has 0 saturated carbocycles. The summed E-state index contributed by atoms with van der Waals surface area (Å²) in [7, 11) is 0. The Morgan fingerprint density at radius 3 is 2.47 bits per heavy atom. The van der Waals surface area contributed by atoms with Gasteiger partial charge in [0.05, 0.1) is 5.75 Å². The molecule has 3 aromatic carbocycles. The monoisotopic (exact) mass is 501 g/mol. The molecule has 1 aliphatic heterocycles. The van der Waals surface area contributed by atoms with Crippen molar-refractivity contribution in [3.8, 4) is 11.5 Å². The standard InChI is InChI=1S/C27H27N5O3S/c1-2-25(34)32-16-14-31(15-17-32)21-12-10-20(11-13-21)28-24(33)18-36-27-30-29-26(35-27)23-9-5-7-19-6-3-4-8-22(19)23/h3-13H,2,14-18H2,1H3,(H,28,33). The first-order valence-corrected chi connectivity index (χ1v) is 13.0. The van der Waals surface area contributed by atoms with Gasteiger partial charge in [0, 0.05) is 49.5 Å². The van der Waals surface area contributed by atoms with Gasteiger partial charge in [-0.1, -0.05) is 55.1 Å². The van der Waals surface area contributed by atoms with E-state index in [-0.39, 0.29) is 17.6 Å². The summed E-state index contributed by atoms with van der Waals surface area (Å²) in [6.07, 6.45) is 0.546. The minimum atomic E-state index is -0.149. The van der Waals surface area contributed by atoms with Gasteiger partial charge in [-0.15, -0.1) is 10.2 Å². The molecule has 36 heavy (non-hydrogen) atoms. The Kier molecular flexibility index (Phi) is 7.18. The molecule has 5 rings (SSSR count). The summed E-state index contributed by atoms with van der Waals surface area (Å²) >= 11 is 1.21. The van der Waals surface area contributed by atoms with E-state index in [0.717, 1.165) is 53.9 Å². The van der Waals surface area contributed by atoms with E-state index < -0.39 is 0 Å². The number of rotatable bonds is 7. The van der Waals surface area contributed by atoms with E-state index >= 15 is 0 Å². The molecule has 0 radical (unpaired) electrons. The normalized spacial score (nSPS) is 13.7. The number of hydrogen-bond acceptors (Lipinski definition) is 7. The number of anilines is 2. The van der Waals surface area contributed by atoms with Crippen molar-refractivity contribution in [2.45, 2.75) is 18.6 Å². The van der Waals surface area contributed by atoms with Crippen molar-refractivity contribution in [3.63, 3.8) is 0 Å². The summed E-state index contributed by atoms with van der Waals surface area (Å²) in [6.45, 7) is 4.98. The Morgan fingerprint density at radius 1 is 0.944 bits per heavy atom. The van der Waals surface area contributed by atoms with Gasteiger partial charge in [0.25, 0.3) is 5.22 Å². The molecule has 9 heteroatoms. The van der Waals surface area contributed by atoms with Gasteiger partial charge in [-0.3, -0.25) is 9.59 Å². The van der Waals surface area contributed by atoms with Crippen LogP contribution in [0.2, 0.25) is 0 Å². The van der Waals surface area contributed by atoms with Gasteiger partial charge >= 0.3 is 0 Å². The fourth-order valence-corrected chi connectivity index (χ4v) is 4.87. The van der Waals surface area contributed by atoms with Crippen molar-refractivity contribution in [1.29, 1.82) is 0 Å².